The molecule has 0 radical (unpaired) electrons. The van der Waals surface area contributed by atoms with E-state index in [2.05, 4.69) is 34.5 Å². The summed E-state index contributed by atoms with van der Waals surface area (Å²) in [7, 11) is 0. The zero-order valence-corrected chi connectivity index (χ0v) is 13.5. The Hall–Kier alpha value is -0.910. The average Bonchev–Trinajstić information content (AvgIpc) is 2.40. The van der Waals surface area contributed by atoms with Crippen LogP contribution in [0.15, 0.2) is 24.3 Å². The Morgan fingerprint density at radius 2 is 1.76 bits per heavy atom. The van der Waals surface area contributed by atoms with E-state index in [4.69, 9.17) is 4.74 Å². The molecule has 118 valence electrons. The van der Waals surface area contributed by atoms with E-state index >= 15 is 0 Å². The van der Waals surface area contributed by atoms with Gasteiger partial charge in [0.05, 0.1) is 0 Å². The summed E-state index contributed by atoms with van der Waals surface area (Å²) in [6, 6.07) is 5.92. The molecule has 1 aliphatic rings. The molecule has 0 bridgehead atoms. The number of rotatable bonds is 5. The van der Waals surface area contributed by atoms with Gasteiger partial charge >= 0.3 is 6.36 Å². The molecule has 0 spiro atoms. The maximum absolute atomic E-state index is 12.4. The quantitative estimate of drug-likeness (QED) is 0.657. The smallest absolute Gasteiger partial charge is 0.486 e. The van der Waals surface area contributed by atoms with Crippen molar-refractivity contribution in [2.75, 3.05) is 0 Å². The van der Waals surface area contributed by atoms with Crippen molar-refractivity contribution >= 4 is 15.9 Å². The molecule has 1 aliphatic carbocycles. The standard InChI is InChI=1S/C15H18BrF3O2/c1-3-14(4-2)12(16)9-13(14)20-10-7-5-6-8-11(10)21-15(17,18)19/h5-8,12-13H,3-4,9H2,1-2H3. The van der Waals surface area contributed by atoms with Crippen molar-refractivity contribution in [2.45, 2.75) is 50.4 Å². The molecule has 6 heteroatoms. The van der Waals surface area contributed by atoms with Crippen LogP contribution in [-0.4, -0.2) is 17.3 Å². The molecule has 2 atom stereocenters. The van der Waals surface area contributed by atoms with E-state index in [-0.39, 0.29) is 23.0 Å². The lowest BCUT2D eigenvalue weighted by atomic mass is 9.62. The van der Waals surface area contributed by atoms with Crippen molar-refractivity contribution < 1.29 is 22.6 Å². The average molecular weight is 367 g/mol. The highest BCUT2D eigenvalue weighted by Gasteiger charge is 2.53. The third kappa shape index (κ3) is 3.30. The zero-order valence-electron chi connectivity index (χ0n) is 11.9. The van der Waals surface area contributed by atoms with Crippen molar-refractivity contribution in [3.63, 3.8) is 0 Å². The van der Waals surface area contributed by atoms with Crippen LogP contribution in [0.3, 0.4) is 0 Å². The van der Waals surface area contributed by atoms with E-state index < -0.39 is 6.36 Å². The van der Waals surface area contributed by atoms with Gasteiger partial charge in [-0.3, -0.25) is 0 Å². The number of alkyl halides is 4. The predicted octanol–water partition coefficient (Wildman–Crippen LogP) is 5.31. The fourth-order valence-corrected chi connectivity index (χ4v) is 4.20. The Labute approximate surface area is 130 Å². The van der Waals surface area contributed by atoms with Crippen LogP contribution >= 0.6 is 15.9 Å². The monoisotopic (exact) mass is 366 g/mol. The molecule has 2 nitrogen and oxygen atoms in total. The van der Waals surface area contributed by atoms with Crippen LogP contribution in [0.5, 0.6) is 11.5 Å². The van der Waals surface area contributed by atoms with E-state index in [0.29, 0.717) is 4.83 Å². The van der Waals surface area contributed by atoms with E-state index in [9.17, 15) is 13.2 Å². The Morgan fingerprint density at radius 3 is 2.24 bits per heavy atom. The van der Waals surface area contributed by atoms with Crippen LogP contribution in [0, 0.1) is 5.41 Å². The van der Waals surface area contributed by atoms with Gasteiger partial charge in [-0.15, -0.1) is 13.2 Å². The van der Waals surface area contributed by atoms with Gasteiger partial charge in [0.1, 0.15) is 6.10 Å². The molecule has 2 rings (SSSR count). The predicted molar refractivity (Wildman–Crippen MR) is 77.9 cm³/mol. The summed E-state index contributed by atoms with van der Waals surface area (Å²) in [5, 5.41) is 0. The van der Waals surface area contributed by atoms with Gasteiger partial charge < -0.3 is 9.47 Å². The third-order valence-corrected chi connectivity index (χ3v) is 5.63. The second kappa shape index (κ2) is 6.07. The van der Waals surface area contributed by atoms with Gasteiger partial charge in [0.2, 0.25) is 0 Å². The summed E-state index contributed by atoms with van der Waals surface area (Å²) in [6.07, 6.45) is -2.22. The number of para-hydroxylation sites is 2. The number of halogens is 4. The maximum Gasteiger partial charge on any atom is 0.573 e. The largest absolute Gasteiger partial charge is 0.573 e. The number of benzene rings is 1. The molecular weight excluding hydrogens is 349 g/mol. The van der Waals surface area contributed by atoms with Gasteiger partial charge in [0.25, 0.3) is 0 Å². The minimum atomic E-state index is -4.72. The van der Waals surface area contributed by atoms with Crippen LogP contribution in [0.1, 0.15) is 33.1 Å². The lowest BCUT2D eigenvalue weighted by Gasteiger charge is -2.52. The molecule has 0 heterocycles. The van der Waals surface area contributed by atoms with Gasteiger partial charge in [-0.25, -0.2) is 0 Å². The Balaban J connectivity index is 2.17. The summed E-state index contributed by atoms with van der Waals surface area (Å²) in [5.41, 5.74) is -0.0364. The molecule has 0 amide bonds. The Kier molecular flexibility index (Phi) is 4.76. The maximum atomic E-state index is 12.4. The van der Waals surface area contributed by atoms with Crippen molar-refractivity contribution in [3.05, 3.63) is 24.3 Å². The first-order valence-electron chi connectivity index (χ1n) is 6.98. The lowest BCUT2D eigenvalue weighted by molar-refractivity contribution is -0.275. The molecule has 0 aromatic heterocycles. The lowest BCUT2D eigenvalue weighted by Crippen LogP contribution is -2.56. The summed E-state index contributed by atoms with van der Waals surface area (Å²) in [6.45, 7) is 4.15. The molecule has 0 aliphatic heterocycles. The van der Waals surface area contributed by atoms with Crippen LogP contribution in [0.25, 0.3) is 0 Å². The topological polar surface area (TPSA) is 18.5 Å². The van der Waals surface area contributed by atoms with Gasteiger partial charge in [0, 0.05) is 10.2 Å². The number of hydrogen-bond acceptors (Lipinski definition) is 2. The Bertz CT molecular complexity index is 486. The second-order valence-corrected chi connectivity index (χ2v) is 6.35. The van der Waals surface area contributed by atoms with Gasteiger partial charge in [-0.2, -0.15) is 0 Å². The van der Waals surface area contributed by atoms with Gasteiger partial charge in [0.15, 0.2) is 11.5 Å². The van der Waals surface area contributed by atoms with Gasteiger partial charge in [-0.05, 0) is 31.4 Å². The van der Waals surface area contributed by atoms with Crippen molar-refractivity contribution in [3.8, 4) is 11.5 Å². The summed E-state index contributed by atoms with van der Waals surface area (Å²) < 4.78 is 47.1. The number of ether oxygens (including phenoxy) is 2. The van der Waals surface area contributed by atoms with Crippen LogP contribution in [0.4, 0.5) is 13.2 Å². The fourth-order valence-electron chi connectivity index (χ4n) is 2.92. The summed E-state index contributed by atoms with van der Waals surface area (Å²) in [4.78, 5) is 0.334. The molecule has 1 saturated carbocycles. The zero-order chi connectivity index (χ0) is 15.7. The molecule has 1 fully saturated rings. The highest BCUT2D eigenvalue weighted by atomic mass is 79.9. The minimum absolute atomic E-state index is 0.0364. The third-order valence-electron chi connectivity index (χ3n) is 4.35. The second-order valence-electron chi connectivity index (χ2n) is 5.24. The molecule has 1 aromatic rings. The number of hydrogen-bond donors (Lipinski definition) is 0. The molecule has 0 N–H and O–H groups in total. The first kappa shape index (κ1) is 16.5. The van der Waals surface area contributed by atoms with Gasteiger partial charge in [-0.1, -0.05) is 41.9 Å². The molecule has 1 aromatic carbocycles. The summed E-state index contributed by atoms with van der Waals surface area (Å²) in [5.74, 6) is -0.144. The fraction of sp³-hybridized carbons (Fsp3) is 0.600. The van der Waals surface area contributed by atoms with Crippen LogP contribution in [0.2, 0.25) is 0 Å². The highest BCUT2D eigenvalue weighted by Crippen LogP contribution is 2.53. The summed E-state index contributed by atoms with van der Waals surface area (Å²) >= 11 is 3.63. The SMILES string of the molecule is CCC1(CC)C(Br)CC1Oc1ccccc1OC(F)(F)F. The normalized spacial score (nSPS) is 24.3. The highest BCUT2D eigenvalue weighted by molar-refractivity contribution is 9.09. The molecule has 21 heavy (non-hydrogen) atoms. The van der Waals surface area contributed by atoms with Crippen LogP contribution in [-0.2, 0) is 0 Å². The minimum Gasteiger partial charge on any atom is -0.486 e. The Morgan fingerprint density at radius 1 is 1.19 bits per heavy atom. The van der Waals surface area contributed by atoms with E-state index in [1.165, 1.54) is 18.2 Å². The van der Waals surface area contributed by atoms with Crippen LogP contribution < -0.4 is 9.47 Å². The molecule has 2 unspecified atom stereocenters. The first-order valence-corrected chi connectivity index (χ1v) is 7.89. The van der Waals surface area contributed by atoms with E-state index in [1.54, 1.807) is 6.07 Å². The molecule has 0 saturated heterocycles. The van der Waals surface area contributed by atoms with Crippen molar-refractivity contribution in [1.29, 1.82) is 0 Å². The van der Waals surface area contributed by atoms with Crippen molar-refractivity contribution in [1.82, 2.24) is 0 Å². The molecular formula is C15H18BrF3O2. The first-order chi connectivity index (χ1) is 9.82. The van der Waals surface area contributed by atoms with E-state index in [0.717, 1.165) is 19.3 Å². The van der Waals surface area contributed by atoms with Crippen molar-refractivity contribution in [2.24, 2.45) is 5.41 Å². The van der Waals surface area contributed by atoms with E-state index in [1.807, 2.05) is 0 Å².